The van der Waals surface area contributed by atoms with Crippen LogP contribution in [0.15, 0.2) is 11.4 Å². The predicted molar refractivity (Wildman–Crippen MR) is 99.9 cm³/mol. The van der Waals surface area contributed by atoms with E-state index in [-0.39, 0.29) is 11.8 Å². The van der Waals surface area contributed by atoms with Crippen LogP contribution < -0.4 is 0 Å². The summed E-state index contributed by atoms with van der Waals surface area (Å²) >= 11 is 1.70. The Labute approximate surface area is 154 Å². The molecule has 4 rings (SSSR count). The number of nitrogens with zero attached hydrogens (tertiary/aromatic N) is 2. The number of likely N-dealkylation sites (tertiary alicyclic amines) is 2. The van der Waals surface area contributed by atoms with Crippen molar-refractivity contribution in [1.82, 2.24) is 9.80 Å². The number of hydrogen-bond donors (Lipinski definition) is 0. The third-order valence-electron chi connectivity index (χ3n) is 6.41. The Morgan fingerprint density at radius 3 is 2.68 bits per heavy atom. The maximum Gasteiger partial charge on any atom is 0.254 e. The molecular weight excluding hydrogens is 332 g/mol. The Morgan fingerprint density at radius 2 is 1.88 bits per heavy atom. The lowest BCUT2D eigenvalue weighted by atomic mass is 9.78. The van der Waals surface area contributed by atoms with Crippen molar-refractivity contribution in [2.24, 2.45) is 5.92 Å². The van der Waals surface area contributed by atoms with Gasteiger partial charge >= 0.3 is 0 Å². The van der Waals surface area contributed by atoms with Crippen LogP contribution in [0.2, 0.25) is 0 Å². The lowest BCUT2D eigenvalue weighted by molar-refractivity contribution is -0.127. The van der Waals surface area contributed by atoms with Crippen molar-refractivity contribution in [2.45, 2.75) is 63.8 Å². The van der Waals surface area contributed by atoms with E-state index in [1.54, 1.807) is 18.3 Å². The van der Waals surface area contributed by atoms with Gasteiger partial charge in [0.1, 0.15) is 0 Å². The number of amides is 2. The Balaban J connectivity index is 1.46. The van der Waals surface area contributed by atoms with Crippen LogP contribution in [-0.4, -0.2) is 47.3 Å². The summed E-state index contributed by atoms with van der Waals surface area (Å²) in [7, 11) is 0. The lowest BCUT2D eigenvalue weighted by Crippen LogP contribution is -2.49. The van der Waals surface area contributed by atoms with Crippen molar-refractivity contribution < 1.29 is 9.59 Å². The molecule has 3 fully saturated rings. The quantitative estimate of drug-likeness (QED) is 0.803. The van der Waals surface area contributed by atoms with Crippen LogP contribution in [0.4, 0.5) is 0 Å². The maximum absolute atomic E-state index is 13.1. The molecule has 136 valence electrons. The summed E-state index contributed by atoms with van der Waals surface area (Å²) in [6.45, 7) is 4.21. The van der Waals surface area contributed by atoms with Gasteiger partial charge in [-0.3, -0.25) is 9.59 Å². The van der Waals surface area contributed by atoms with E-state index < -0.39 is 0 Å². The molecule has 1 aromatic rings. The van der Waals surface area contributed by atoms with E-state index in [0.717, 1.165) is 44.0 Å². The monoisotopic (exact) mass is 360 g/mol. The number of fused-ring (bicyclic) bond motifs is 1. The second-order valence-electron chi connectivity index (χ2n) is 7.94. The van der Waals surface area contributed by atoms with Gasteiger partial charge in [-0.25, -0.2) is 0 Å². The minimum Gasteiger partial charge on any atom is -0.342 e. The van der Waals surface area contributed by atoms with Crippen molar-refractivity contribution in [3.05, 3.63) is 21.9 Å². The zero-order chi connectivity index (χ0) is 17.4. The molecule has 2 amide bonds. The number of carbonyl (C=O) groups is 2. The van der Waals surface area contributed by atoms with Gasteiger partial charge in [0.25, 0.3) is 5.91 Å². The summed E-state index contributed by atoms with van der Waals surface area (Å²) < 4.78 is 0. The van der Waals surface area contributed by atoms with Crippen LogP contribution in [0.25, 0.3) is 0 Å². The third-order valence-corrected chi connectivity index (χ3v) is 7.50. The summed E-state index contributed by atoms with van der Waals surface area (Å²) in [5.74, 6) is 1.52. The van der Waals surface area contributed by atoms with Crippen LogP contribution in [0.5, 0.6) is 0 Å². The molecule has 0 spiro atoms. The van der Waals surface area contributed by atoms with Crippen LogP contribution in [-0.2, 0) is 4.79 Å². The first-order chi connectivity index (χ1) is 12.1. The van der Waals surface area contributed by atoms with Gasteiger partial charge in [0.05, 0.1) is 5.56 Å². The number of piperidine rings is 1. The molecule has 1 saturated carbocycles. The van der Waals surface area contributed by atoms with Crippen molar-refractivity contribution in [3.63, 3.8) is 0 Å². The number of thiophene rings is 1. The molecule has 0 bridgehead atoms. The Kier molecular flexibility index (Phi) is 4.85. The molecule has 0 N–H and O–H groups in total. The topological polar surface area (TPSA) is 40.6 Å². The van der Waals surface area contributed by atoms with E-state index >= 15 is 0 Å². The van der Waals surface area contributed by atoms with Crippen LogP contribution in [0.3, 0.4) is 0 Å². The highest BCUT2D eigenvalue weighted by Crippen LogP contribution is 2.37. The Bertz CT molecular complexity index is 654. The first-order valence-electron chi connectivity index (χ1n) is 9.78. The molecule has 3 heterocycles. The molecule has 0 radical (unpaired) electrons. The van der Waals surface area contributed by atoms with Gasteiger partial charge < -0.3 is 9.80 Å². The molecule has 2 saturated heterocycles. The number of rotatable bonds is 2. The molecule has 5 heteroatoms. The molecule has 4 nitrogen and oxygen atoms in total. The SMILES string of the molecule is CC(=O)N1CCC(c2cc(C(=O)N3CCC[C@H]4CCCC[C@H]43)cs2)C1. The van der Waals surface area contributed by atoms with E-state index in [9.17, 15) is 9.59 Å². The Hall–Kier alpha value is -1.36. The van der Waals surface area contributed by atoms with Crippen molar-refractivity contribution >= 4 is 23.2 Å². The molecule has 2 aliphatic heterocycles. The fourth-order valence-electron chi connectivity index (χ4n) is 5.00. The van der Waals surface area contributed by atoms with Crippen LogP contribution in [0, 0.1) is 5.92 Å². The van der Waals surface area contributed by atoms with Crippen molar-refractivity contribution in [1.29, 1.82) is 0 Å². The second-order valence-corrected chi connectivity index (χ2v) is 8.88. The molecule has 1 unspecified atom stereocenters. The predicted octanol–water partition coefficient (Wildman–Crippen LogP) is 3.88. The molecule has 1 aliphatic carbocycles. The van der Waals surface area contributed by atoms with Gasteiger partial charge in [-0.05, 0) is 44.1 Å². The van der Waals surface area contributed by atoms with E-state index in [2.05, 4.69) is 11.0 Å². The molecule has 25 heavy (non-hydrogen) atoms. The van der Waals surface area contributed by atoms with Gasteiger partial charge in [-0.15, -0.1) is 11.3 Å². The molecule has 0 aromatic carbocycles. The average molecular weight is 361 g/mol. The molecule has 3 aliphatic rings. The summed E-state index contributed by atoms with van der Waals surface area (Å²) in [5, 5.41) is 2.04. The fraction of sp³-hybridized carbons (Fsp3) is 0.700. The van der Waals surface area contributed by atoms with Gasteiger partial charge in [0, 0.05) is 48.8 Å². The zero-order valence-corrected chi connectivity index (χ0v) is 15.9. The normalized spacial score (nSPS) is 29.6. The summed E-state index contributed by atoms with van der Waals surface area (Å²) in [4.78, 5) is 30.0. The summed E-state index contributed by atoms with van der Waals surface area (Å²) in [6, 6.07) is 2.58. The molecule has 3 atom stereocenters. The number of carbonyl (C=O) groups excluding carboxylic acids is 2. The number of hydrogen-bond acceptors (Lipinski definition) is 3. The highest BCUT2D eigenvalue weighted by atomic mass is 32.1. The summed E-state index contributed by atoms with van der Waals surface area (Å²) in [5.41, 5.74) is 0.868. The van der Waals surface area contributed by atoms with E-state index in [1.165, 1.54) is 37.0 Å². The highest BCUT2D eigenvalue weighted by Gasteiger charge is 2.36. The minimum absolute atomic E-state index is 0.159. The van der Waals surface area contributed by atoms with E-state index in [0.29, 0.717) is 12.0 Å². The van der Waals surface area contributed by atoms with Gasteiger partial charge in [0.2, 0.25) is 5.91 Å². The van der Waals surface area contributed by atoms with Gasteiger partial charge in [0.15, 0.2) is 0 Å². The largest absolute Gasteiger partial charge is 0.342 e. The van der Waals surface area contributed by atoms with Gasteiger partial charge in [-0.1, -0.05) is 12.8 Å². The summed E-state index contributed by atoms with van der Waals surface area (Å²) in [6.07, 6.45) is 8.55. The van der Waals surface area contributed by atoms with E-state index in [4.69, 9.17) is 0 Å². The smallest absolute Gasteiger partial charge is 0.254 e. The van der Waals surface area contributed by atoms with Crippen molar-refractivity contribution in [3.8, 4) is 0 Å². The molecule has 1 aromatic heterocycles. The maximum atomic E-state index is 13.1. The second kappa shape index (κ2) is 7.10. The standard InChI is InChI=1S/C20H28N2O2S/c1-14(23)21-10-8-16(12-21)19-11-17(13-25-19)20(24)22-9-4-6-15-5-2-3-7-18(15)22/h11,13,15-16,18H,2-10,12H2,1H3/t15-,16?,18-/m1/s1. The first-order valence-corrected chi connectivity index (χ1v) is 10.7. The third kappa shape index (κ3) is 3.35. The van der Waals surface area contributed by atoms with Crippen LogP contribution >= 0.6 is 11.3 Å². The van der Waals surface area contributed by atoms with Crippen LogP contribution in [0.1, 0.15) is 73.0 Å². The highest BCUT2D eigenvalue weighted by molar-refractivity contribution is 7.10. The minimum atomic E-state index is 0.159. The fourth-order valence-corrected chi connectivity index (χ4v) is 6.01. The Morgan fingerprint density at radius 1 is 1.08 bits per heavy atom. The first kappa shape index (κ1) is 17.1. The lowest BCUT2D eigenvalue weighted by Gasteiger charge is -2.44. The van der Waals surface area contributed by atoms with E-state index in [1.807, 2.05) is 10.3 Å². The molecular formula is C20H28N2O2S. The zero-order valence-electron chi connectivity index (χ0n) is 15.1. The van der Waals surface area contributed by atoms with Gasteiger partial charge in [-0.2, -0.15) is 0 Å². The average Bonchev–Trinajstić information content (AvgIpc) is 3.30. The van der Waals surface area contributed by atoms with Crippen molar-refractivity contribution in [2.75, 3.05) is 19.6 Å².